The van der Waals surface area contributed by atoms with Gasteiger partial charge >= 0.3 is 12.1 Å². The number of alkyl carbamates (subject to hydrolysis) is 1. The first-order chi connectivity index (χ1) is 20.0. The molecule has 210 valence electrons. The Morgan fingerprint density at radius 1 is 0.902 bits per heavy atom. The topological polar surface area (TPSA) is 114 Å². The third-order valence-electron chi connectivity index (χ3n) is 7.33. The number of carbonyl (C=O) groups is 3. The zero-order valence-corrected chi connectivity index (χ0v) is 22.7. The highest BCUT2D eigenvalue weighted by Gasteiger charge is 2.29. The number of fused-ring (bicyclic) bond motifs is 3. The second-order valence-corrected chi connectivity index (χ2v) is 10.2. The molecule has 1 aromatic heterocycles. The van der Waals surface area contributed by atoms with Gasteiger partial charge in [-0.05, 0) is 47.2 Å². The number of ketones is 1. The summed E-state index contributed by atoms with van der Waals surface area (Å²) in [5.41, 5.74) is 5.35. The molecule has 1 amide bonds. The van der Waals surface area contributed by atoms with E-state index in [1.54, 1.807) is 21.8 Å². The smallest absolute Gasteiger partial charge is 0.407 e. The van der Waals surface area contributed by atoms with Crippen molar-refractivity contribution in [3.05, 3.63) is 102 Å². The van der Waals surface area contributed by atoms with Crippen LogP contribution in [-0.2, 0) is 20.9 Å². The highest BCUT2D eigenvalue weighted by atomic mass is 16.5. The van der Waals surface area contributed by atoms with Crippen LogP contribution in [0, 0.1) is 0 Å². The van der Waals surface area contributed by atoms with Crippen molar-refractivity contribution in [3.63, 3.8) is 0 Å². The lowest BCUT2D eigenvalue weighted by Crippen LogP contribution is -2.41. The number of rotatable bonds is 13. The number of carboxylic acid groups (broad SMARTS) is 1. The Kier molecular flexibility index (Phi) is 8.83. The average Bonchev–Trinajstić information content (AvgIpc) is 3.58. The van der Waals surface area contributed by atoms with E-state index in [-0.39, 0.29) is 31.3 Å². The van der Waals surface area contributed by atoms with E-state index in [9.17, 15) is 19.5 Å². The number of amides is 1. The van der Waals surface area contributed by atoms with Gasteiger partial charge in [-0.3, -0.25) is 4.79 Å². The van der Waals surface area contributed by atoms with Crippen molar-refractivity contribution in [1.29, 1.82) is 0 Å². The van der Waals surface area contributed by atoms with E-state index in [0.29, 0.717) is 25.7 Å². The number of hydrogen-bond acceptors (Lipinski definition) is 5. The van der Waals surface area contributed by atoms with Gasteiger partial charge in [0.15, 0.2) is 30.4 Å². The molecule has 5 rings (SSSR count). The summed E-state index contributed by atoms with van der Waals surface area (Å²) in [6.07, 6.45) is 5.31. The quantitative estimate of drug-likeness (QED) is 0.184. The Bertz CT molecular complexity index is 1470. The molecular weight excluding hydrogens is 520 g/mol. The molecule has 2 N–H and O–H groups in total. The van der Waals surface area contributed by atoms with Gasteiger partial charge < -0.3 is 15.2 Å². The van der Waals surface area contributed by atoms with Crippen molar-refractivity contribution in [1.82, 2.24) is 15.2 Å². The number of aliphatic carboxylic acids is 1. The lowest BCUT2D eigenvalue weighted by atomic mass is 9.98. The van der Waals surface area contributed by atoms with Crippen LogP contribution in [-0.4, -0.2) is 45.5 Å². The summed E-state index contributed by atoms with van der Waals surface area (Å²) in [4.78, 5) is 36.7. The molecule has 4 aromatic rings. The molecule has 0 aliphatic heterocycles. The molecule has 0 spiro atoms. The number of nitrogens with one attached hydrogen (secondary N) is 1. The Labute approximate surface area is 238 Å². The maximum absolute atomic E-state index is 12.5. The standard InChI is InChI=1S/C32H32N4O5/c37-24(21-35-19-20-36(34-35)23-11-3-1-4-12-23)13-5-2-6-18-30(31(38)39)33-32(40)41-22-29-27-16-9-7-14-25(27)26-15-8-10-17-28(26)29/h1,3-4,7-12,14-17,19-20,29-30H,2,5-6,13,18,21-22H2,(H-,33,38,39,40)/p+1/t30-/m0/s1. The number of para-hydroxylation sites is 1. The lowest BCUT2D eigenvalue weighted by molar-refractivity contribution is -0.743. The van der Waals surface area contributed by atoms with Gasteiger partial charge in [0, 0.05) is 12.3 Å². The van der Waals surface area contributed by atoms with Crippen LogP contribution in [0.25, 0.3) is 16.8 Å². The van der Waals surface area contributed by atoms with Gasteiger partial charge in [0.2, 0.25) is 0 Å². The van der Waals surface area contributed by atoms with E-state index in [1.165, 1.54) is 0 Å². The number of carbonyl (C=O) groups excluding carboxylic acids is 2. The van der Waals surface area contributed by atoms with Crippen molar-refractivity contribution >= 4 is 17.8 Å². The predicted molar refractivity (Wildman–Crippen MR) is 151 cm³/mol. The van der Waals surface area contributed by atoms with Crippen molar-refractivity contribution < 1.29 is 28.9 Å². The molecule has 9 nitrogen and oxygen atoms in total. The first-order valence-corrected chi connectivity index (χ1v) is 13.9. The second-order valence-electron chi connectivity index (χ2n) is 10.2. The Morgan fingerprint density at radius 3 is 2.24 bits per heavy atom. The number of aromatic nitrogens is 3. The summed E-state index contributed by atoms with van der Waals surface area (Å²) >= 11 is 0. The molecule has 0 fully saturated rings. The molecule has 0 saturated heterocycles. The fraction of sp³-hybridized carbons (Fsp3) is 0.281. The minimum Gasteiger partial charge on any atom is -0.480 e. The molecule has 3 aromatic carbocycles. The zero-order chi connectivity index (χ0) is 28.6. The monoisotopic (exact) mass is 553 g/mol. The molecule has 0 radical (unpaired) electrons. The van der Waals surface area contributed by atoms with Crippen LogP contribution in [0.3, 0.4) is 0 Å². The number of unbranched alkanes of at least 4 members (excludes halogenated alkanes) is 2. The number of nitrogens with zero attached hydrogens (tertiary/aromatic N) is 3. The van der Waals surface area contributed by atoms with E-state index in [4.69, 9.17) is 4.74 Å². The molecular formula is C32H33N4O5+. The fourth-order valence-electron chi connectivity index (χ4n) is 5.27. The summed E-state index contributed by atoms with van der Waals surface area (Å²) in [6.45, 7) is 0.302. The number of ether oxygens (including phenoxy) is 1. The van der Waals surface area contributed by atoms with Crippen LogP contribution >= 0.6 is 0 Å². The summed E-state index contributed by atoms with van der Waals surface area (Å²) < 4.78 is 8.81. The molecule has 0 saturated carbocycles. The molecule has 1 aliphatic rings. The van der Waals surface area contributed by atoms with Gasteiger partial charge in [-0.25, -0.2) is 9.59 Å². The lowest BCUT2D eigenvalue weighted by Gasteiger charge is -2.17. The highest BCUT2D eigenvalue weighted by molar-refractivity contribution is 5.81. The normalized spacial score (nSPS) is 12.8. The maximum Gasteiger partial charge on any atom is 0.407 e. The van der Waals surface area contributed by atoms with E-state index < -0.39 is 18.1 Å². The van der Waals surface area contributed by atoms with Gasteiger partial charge in [-0.15, -0.1) is 9.36 Å². The zero-order valence-electron chi connectivity index (χ0n) is 22.7. The summed E-state index contributed by atoms with van der Waals surface area (Å²) in [7, 11) is 0. The molecule has 9 heteroatoms. The van der Waals surface area contributed by atoms with Gasteiger partial charge in [-0.2, -0.15) is 0 Å². The van der Waals surface area contributed by atoms with Crippen molar-refractivity contribution in [2.75, 3.05) is 6.61 Å². The second kappa shape index (κ2) is 13.0. The minimum atomic E-state index is -1.11. The first kappa shape index (κ1) is 27.8. The van der Waals surface area contributed by atoms with Crippen LogP contribution in [0.1, 0.15) is 49.1 Å². The van der Waals surface area contributed by atoms with E-state index in [2.05, 4.69) is 22.7 Å². The fourth-order valence-corrected chi connectivity index (χ4v) is 5.27. The number of carboxylic acids is 1. The average molecular weight is 554 g/mol. The van der Waals surface area contributed by atoms with Crippen molar-refractivity contribution in [2.45, 2.75) is 50.6 Å². The van der Waals surface area contributed by atoms with Crippen molar-refractivity contribution in [3.8, 4) is 16.8 Å². The van der Waals surface area contributed by atoms with E-state index in [1.807, 2.05) is 66.7 Å². The van der Waals surface area contributed by atoms with Crippen molar-refractivity contribution in [2.24, 2.45) is 0 Å². The van der Waals surface area contributed by atoms with Crippen LogP contribution in [0.15, 0.2) is 91.3 Å². The SMILES string of the molecule is O=C(CCCCC[C@H](NC(=O)OCC1c2ccccc2-c2ccccc21)C(=O)O)C[n+]1ccn(-c2ccccc2)n1. The van der Waals surface area contributed by atoms with Gasteiger partial charge in [0.05, 0.1) is 5.21 Å². The predicted octanol–water partition coefficient (Wildman–Crippen LogP) is 4.67. The summed E-state index contributed by atoms with van der Waals surface area (Å²) in [5.74, 6) is -1.15. The van der Waals surface area contributed by atoms with E-state index in [0.717, 1.165) is 27.9 Å². The maximum atomic E-state index is 12.5. The molecule has 1 atom stereocenters. The molecule has 0 unspecified atom stereocenters. The highest BCUT2D eigenvalue weighted by Crippen LogP contribution is 2.44. The van der Waals surface area contributed by atoms with Crippen LogP contribution in [0.5, 0.6) is 0 Å². The summed E-state index contributed by atoms with van der Waals surface area (Å²) in [6, 6.07) is 24.7. The first-order valence-electron chi connectivity index (χ1n) is 13.9. The van der Waals surface area contributed by atoms with Gasteiger partial charge in [0.1, 0.15) is 12.6 Å². The third-order valence-corrected chi connectivity index (χ3v) is 7.33. The Balaban J connectivity index is 1.03. The Hall–Kier alpha value is -4.79. The largest absolute Gasteiger partial charge is 0.480 e. The Morgan fingerprint density at radius 2 is 1.56 bits per heavy atom. The van der Waals surface area contributed by atoms with Crippen LogP contribution in [0.2, 0.25) is 0 Å². The molecule has 0 bridgehead atoms. The van der Waals surface area contributed by atoms with E-state index >= 15 is 0 Å². The third kappa shape index (κ3) is 6.87. The molecule has 1 aliphatic carbocycles. The molecule has 1 heterocycles. The molecule has 41 heavy (non-hydrogen) atoms. The number of Topliss-reactive ketones (excluding diaryl/α,β-unsaturated/α-hetero) is 1. The van der Waals surface area contributed by atoms with Gasteiger partial charge in [0.25, 0.3) is 0 Å². The summed E-state index contributed by atoms with van der Waals surface area (Å²) in [5, 5.41) is 16.5. The van der Waals surface area contributed by atoms with Crippen LogP contribution in [0.4, 0.5) is 4.79 Å². The number of benzene rings is 3. The minimum absolute atomic E-state index is 0.0554. The van der Waals surface area contributed by atoms with Crippen LogP contribution < -0.4 is 10.00 Å². The number of hydrogen-bond donors (Lipinski definition) is 2. The van der Waals surface area contributed by atoms with Gasteiger partial charge in [-0.1, -0.05) is 79.6 Å².